The Kier molecular flexibility index (Phi) is 1.50. The Hall–Kier alpha value is -1.23. The number of hydrogen-bond acceptors (Lipinski definition) is 3. The van der Waals surface area contributed by atoms with Gasteiger partial charge in [-0.15, -0.1) is 0 Å². The summed E-state index contributed by atoms with van der Waals surface area (Å²) in [5.41, 5.74) is 5.08. The van der Waals surface area contributed by atoms with Gasteiger partial charge in [0.15, 0.2) is 6.20 Å². The van der Waals surface area contributed by atoms with E-state index in [-0.39, 0.29) is 11.0 Å². The Morgan fingerprint density at radius 3 is 2.30 bits per heavy atom. The van der Waals surface area contributed by atoms with Crippen LogP contribution >= 0.6 is 11.6 Å². The molecule has 1 heterocycles. The van der Waals surface area contributed by atoms with Gasteiger partial charge in [0.25, 0.3) is 0 Å². The van der Waals surface area contributed by atoms with Crippen LogP contribution < -0.4 is 15.2 Å². The van der Waals surface area contributed by atoms with E-state index < -0.39 is 0 Å². The van der Waals surface area contributed by atoms with E-state index in [1.807, 2.05) is 0 Å². The minimum absolute atomic E-state index is 0.292. The van der Waals surface area contributed by atoms with E-state index in [1.165, 1.54) is 0 Å². The van der Waals surface area contributed by atoms with Crippen LogP contribution in [0, 0.1) is 10.4 Å². The molecule has 0 radical (unpaired) electrons. The molecule has 2 N–H and O–H groups in total. The van der Waals surface area contributed by atoms with Gasteiger partial charge in [-0.3, -0.25) is 5.73 Å². The molecule has 0 aromatic carbocycles. The van der Waals surface area contributed by atoms with Crippen LogP contribution in [0.5, 0.6) is 0 Å². The molecule has 0 saturated carbocycles. The summed E-state index contributed by atoms with van der Waals surface area (Å²) in [6.45, 7) is 0. The van der Waals surface area contributed by atoms with E-state index >= 15 is 0 Å². The summed E-state index contributed by atoms with van der Waals surface area (Å²) in [6, 6.07) is 0. The third kappa shape index (κ3) is 0.906. The van der Waals surface area contributed by atoms with Gasteiger partial charge < -0.3 is 10.4 Å². The number of nitrogen functional groups attached to an aromatic ring is 1. The zero-order valence-electron chi connectivity index (χ0n) is 4.82. The van der Waals surface area contributed by atoms with Gasteiger partial charge in [-0.1, -0.05) is 0 Å². The summed E-state index contributed by atoms with van der Waals surface area (Å²) in [7, 11) is 0. The molecule has 0 atom stereocenters. The molecule has 0 aliphatic heterocycles. The van der Waals surface area contributed by atoms with Crippen molar-refractivity contribution in [3.8, 4) is 0 Å². The largest absolute Gasteiger partial charge is 0.710 e. The lowest BCUT2D eigenvalue weighted by Crippen LogP contribution is -2.39. The van der Waals surface area contributed by atoms with Crippen LogP contribution in [-0.2, 0) is 0 Å². The SMILES string of the molecule is Nc1c(Cl)[n+]([O-])cc[n+]1[O-]. The third-order valence-electron chi connectivity index (χ3n) is 0.980. The fourth-order valence-electron chi connectivity index (χ4n) is 0.471. The molecule has 0 saturated heterocycles. The van der Waals surface area contributed by atoms with Gasteiger partial charge in [-0.05, 0) is 11.6 Å². The minimum Gasteiger partial charge on any atom is -0.710 e. The van der Waals surface area contributed by atoms with Crippen molar-refractivity contribution < 1.29 is 9.46 Å². The third-order valence-corrected chi connectivity index (χ3v) is 1.34. The molecule has 0 aliphatic rings. The van der Waals surface area contributed by atoms with Crippen molar-refractivity contribution in [2.45, 2.75) is 0 Å². The Balaban J connectivity index is 3.34. The lowest BCUT2D eigenvalue weighted by Gasteiger charge is -2.03. The molecule has 0 aliphatic carbocycles. The van der Waals surface area contributed by atoms with Gasteiger partial charge in [0, 0.05) is 0 Å². The van der Waals surface area contributed by atoms with E-state index in [9.17, 15) is 10.4 Å². The second-order valence-corrected chi connectivity index (χ2v) is 1.98. The van der Waals surface area contributed by atoms with Crippen LogP contribution in [0.2, 0.25) is 5.15 Å². The highest BCUT2D eigenvalue weighted by Crippen LogP contribution is 2.04. The molecule has 1 aromatic rings. The van der Waals surface area contributed by atoms with E-state index in [0.717, 1.165) is 12.4 Å². The number of nitrogens with zero attached hydrogens (tertiary/aromatic N) is 2. The minimum atomic E-state index is -0.308. The standard InChI is InChI=1S/C4H4ClN3O2/c5-3-4(6)8(10)2-1-7(3)9/h1-2H,6H2. The van der Waals surface area contributed by atoms with Crippen LogP contribution in [0.25, 0.3) is 0 Å². The highest BCUT2D eigenvalue weighted by molar-refractivity contribution is 6.30. The molecule has 0 fully saturated rings. The molecule has 0 amide bonds. The fourth-order valence-corrected chi connectivity index (χ4v) is 0.610. The highest BCUT2D eigenvalue weighted by atomic mass is 35.5. The van der Waals surface area contributed by atoms with Crippen molar-refractivity contribution in [2.24, 2.45) is 0 Å². The first-order valence-corrected chi connectivity index (χ1v) is 2.77. The quantitative estimate of drug-likeness (QED) is 0.399. The predicted molar refractivity (Wildman–Crippen MR) is 33.8 cm³/mol. The first-order chi connectivity index (χ1) is 4.63. The maximum atomic E-state index is 10.5. The topological polar surface area (TPSA) is 79.9 Å². The molecule has 6 heteroatoms. The molecular weight excluding hydrogens is 158 g/mol. The van der Waals surface area contributed by atoms with Gasteiger partial charge in [0.1, 0.15) is 0 Å². The number of rotatable bonds is 0. The summed E-state index contributed by atoms with van der Waals surface area (Å²) in [4.78, 5) is 0. The highest BCUT2D eigenvalue weighted by Gasteiger charge is 2.13. The van der Waals surface area contributed by atoms with Gasteiger partial charge in [-0.25, -0.2) is 4.73 Å². The smallest absolute Gasteiger partial charge is 0.377 e. The zero-order valence-corrected chi connectivity index (χ0v) is 5.58. The van der Waals surface area contributed by atoms with Crippen molar-refractivity contribution in [3.05, 3.63) is 28.0 Å². The van der Waals surface area contributed by atoms with Crippen LogP contribution in [0.1, 0.15) is 0 Å². The average molecular weight is 162 g/mol. The van der Waals surface area contributed by atoms with Gasteiger partial charge in [-0.2, -0.15) is 4.73 Å². The number of nitrogens with two attached hydrogens (primary N) is 1. The van der Waals surface area contributed by atoms with Crippen LogP contribution in [0.15, 0.2) is 12.4 Å². The van der Waals surface area contributed by atoms with E-state index in [4.69, 9.17) is 17.3 Å². The maximum Gasteiger partial charge on any atom is 0.377 e. The van der Waals surface area contributed by atoms with Crippen LogP contribution in [-0.4, -0.2) is 0 Å². The molecule has 5 nitrogen and oxygen atoms in total. The molecule has 10 heavy (non-hydrogen) atoms. The van der Waals surface area contributed by atoms with Crippen molar-refractivity contribution in [3.63, 3.8) is 0 Å². The van der Waals surface area contributed by atoms with Gasteiger partial charge in [0.05, 0.1) is 0 Å². The first kappa shape index (κ1) is 6.88. The van der Waals surface area contributed by atoms with Crippen molar-refractivity contribution in [1.82, 2.24) is 0 Å². The van der Waals surface area contributed by atoms with Crippen molar-refractivity contribution >= 4 is 17.4 Å². The summed E-state index contributed by atoms with van der Waals surface area (Å²) < 4.78 is 0.627. The van der Waals surface area contributed by atoms with Crippen molar-refractivity contribution in [2.75, 3.05) is 5.73 Å². The summed E-state index contributed by atoms with van der Waals surface area (Å²) in [6.07, 6.45) is 1.96. The molecule has 54 valence electrons. The molecule has 0 unspecified atom stereocenters. The van der Waals surface area contributed by atoms with Crippen LogP contribution in [0.4, 0.5) is 5.82 Å². The number of hydrogen-bond donors (Lipinski definition) is 1. The molecule has 1 rings (SSSR count). The molecular formula is C4H4ClN3O2. The number of halogens is 1. The Bertz CT molecular complexity index is 238. The van der Waals surface area contributed by atoms with Crippen LogP contribution in [0.3, 0.4) is 0 Å². The molecule has 1 aromatic heterocycles. The molecule has 0 bridgehead atoms. The second-order valence-electron chi connectivity index (χ2n) is 1.63. The van der Waals surface area contributed by atoms with E-state index in [0.29, 0.717) is 9.46 Å². The normalized spacial score (nSPS) is 9.70. The molecule has 0 spiro atoms. The van der Waals surface area contributed by atoms with E-state index in [1.54, 1.807) is 0 Å². The fraction of sp³-hybridized carbons (Fsp3) is 0. The lowest BCUT2D eigenvalue weighted by atomic mass is 10.7. The zero-order chi connectivity index (χ0) is 7.72. The Morgan fingerprint density at radius 1 is 1.30 bits per heavy atom. The average Bonchev–Trinajstić information content (AvgIpc) is 1.93. The second kappa shape index (κ2) is 2.18. The lowest BCUT2D eigenvalue weighted by molar-refractivity contribution is -0.653. The summed E-state index contributed by atoms with van der Waals surface area (Å²) in [5, 5.41) is 20.8. The van der Waals surface area contributed by atoms with E-state index in [2.05, 4.69) is 0 Å². The summed E-state index contributed by atoms with van der Waals surface area (Å²) in [5.74, 6) is -0.292. The summed E-state index contributed by atoms with van der Waals surface area (Å²) >= 11 is 5.29. The number of anilines is 1. The van der Waals surface area contributed by atoms with Gasteiger partial charge >= 0.3 is 11.0 Å². The van der Waals surface area contributed by atoms with Crippen molar-refractivity contribution in [1.29, 1.82) is 0 Å². The number of aromatic nitrogens is 2. The predicted octanol–water partition coefficient (Wildman–Crippen LogP) is -0.811. The maximum absolute atomic E-state index is 10.5. The van der Waals surface area contributed by atoms with Gasteiger partial charge in [0.2, 0.25) is 6.20 Å². The monoisotopic (exact) mass is 161 g/mol. The Labute approximate surface area is 61.4 Å². The Morgan fingerprint density at radius 2 is 1.80 bits per heavy atom. The first-order valence-electron chi connectivity index (χ1n) is 2.39.